The van der Waals surface area contributed by atoms with Crippen molar-refractivity contribution < 1.29 is 13.5 Å². The van der Waals surface area contributed by atoms with E-state index >= 15 is 0 Å². The molecule has 0 aliphatic heterocycles. The largest absolute Gasteiger partial charge is 0.506 e. The van der Waals surface area contributed by atoms with Gasteiger partial charge in [-0.3, -0.25) is 0 Å². The summed E-state index contributed by atoms with van der Waals surface area (Å²) in [5, 5.41) is 33.6. The molecule has 33 heavy (non-hydrogen) atoms. The van der Waals surface area contributed by atoms with Gasteiger partial charge in [0.15, 0.2) is 5.00 Å². The summed E-state index contributed by atoms with van der Waals surface area (Å²) in [6, 6.07) is 7.34. The van der Waals surface area contributed by atoms with Crippen LogP contribution in [-0.2, 0) is 10.0 Å². The number of phenols is 1. The van der Waals surface area contributed by atoms with Gasteiger partial charge in [0, 0.05) is 37.1 Å². The van der Waals surface area contributed by atoms with Crippen LogP contribution in [-0.4, -0.2) is 41.4 Å². The molecule has 2 aromatic heterocycles. The molecule has 15 heteroatoms. The molecule has 170 valence electrons. The summed E-state index contributed by atoms with van der Waals surface area (Å²) < 4.78 is 31.6. The number of aryl methyl sites for hydroxylation is 1. The number of nitrogens with two attached hydrogens (primary N) is 1. The van der Waals surface area contributed by atoms with Crippen LogP contribution in [0.1, 0.15) is 5.82 Å². The minimum Gasteiger partial charge on any atom is -0.506 e. The average Bonchev–Trinajstić information content (AvgIpc) is 3.36. The van der Waals surface area contributed by atoms with E-state index in [0.29, 0.717) is 38.2 Å². The molecule has 0 spiro atoms. The van der Waals surface area contributed by atoms with Crippen LogP contribution >= 0.6 is 23.1 Å². The Hall–Kier alpha value is -3.40. The molecule has 12 nitrogen and oxygen atoms in total. The van der Waals surface area contributed by atoms with Crippen LogP contribution in [0.3, 0.4) is 0 Å². The number of hydrogen-bond donors (Lipinski definition) is 2. The topological polar surface area (TPSA) is 172 Å². The van der Waals surface area contributed by atoms with Gasteiger partial charge in [-0.2, -0.15) is 8.75 Å². The summed E-state index contributed by atoms with van der Waals surface area (Å²) in [7, 11) is -0.276. The van der Waals surface area contributed by atoms with Gasteiger partial charge in [-0.15, -0.1) is 20.5 Å². The number of sulfonamides is 1. The third-order valence-corrected chi connectivity index (χ3v) is 6.68. The molecule has 2 aromatic carbocycles. The Morgan fingerprint density at radius 3 is 2.42 bits per heavy atom. The number of rotatable bonds is 6. The maximum Gasteiger partial charge on any atom is 0.249 e. The van der Waals surface area contributed by atoms with Crippen LogP contribution in [0.25, 0.3) is 10.9 Å². The van der Waals surface area contributed by atoms with Crippen LogP contribution in [0.4, 0.5) is 27.2 Å². The number of fused-ring (bicyclic) bond motifs is 1. The lowest BCUT2D eigenvalue weighted by Crippen LogP contribution is -2.11. The Labute approximate surface area is 196 Å². The molecule has 0 radical (unpaired) electrons. The van der Waals surface area contributed by atoms with Gasteiger partial charge in [0.2, 0.25) is 15.2 Å². The van der Waals surface area contributed by atoms with E-state index in [4.69, 9.17) is 5.14 Å². The van der Waals surface area contributed by atoms with E-state index in [-0.39, 0.29) is 16.3 Å². The lowest BCUT2D eigenvalue weighted by atomic mass is 10.2. The highest BCUT2D eigenvalue weighted by Crippen LogP contribution is 2.41. The zero-order chi connectivity index (χ0) is 23.8. The van der Waals surface area contributed by atoms with Gasteiger partial charge >= 0.3 is 0 Å². The smallest absolute Gasteiger partial charge is 0.249 e. The Bertz CT molecular complexity index is 1510. The minimum atomic E-state index is -3.88. The number of hydrogen-bond acceptors (Lipinski definition) is 13. The van der Waals surface area contributed by atoms with E-state index < -0.39 is 10.0 Å². The van der Waals surface area contributed by atoms with Gasteiger partial charge in [0.1, 0.15) is 22.9 Å². The molecular weight excluding hydrogens is 486 g/mol. The molecule has 0 aliphatic carbocycles. The number of azo groups is 2. The third-order valence-electron chi connectivity index (χ3n) is 4.32. The molecule has 0 aliphatic rings. The maximum atomic E-state index is 11.7. The first-order valence-corrected chi connectivity index (χ1v) is 12.3. The van der Waals surface area contributed by atoms with Crippen LogP contribution in [0.15, 0.2) is 55.7 Å². The Kier molecular flexibility index (Phi) is 6.11. The van der Waals surface area contributed by atoms with E-state index in [0.717, 1.165) is 23.1 Å². The second-order valence-corrected chi connectivity index (χ2v) is 10.0. The standard InChI is InChI=1S/C18H17N9O3S3/c1-9-20-18(32-25-9)24-21-13-7-14(16(28)8-15(13)27(2)3)22-23-17-11-6-10(33(19,29)30)4-5-12(11)26-31-17/h4-8,28H,1-3H3,(H2,19,29,30). The molecule has 0 atom stereocenters. The molecular formula is C18H17N9O3S3. The van der Waals surface area contributed by atoms with Crippen molar-refractivity contribution in [2.75, 3.05) is 19.0 Å². The number of benzene rings is 2. The summed E-state index contributed by atoms with van der Waals surface area (Å²) in [5.74, 6) is 0.483. The lowest BCUT2D eigenvalue weighted by Gasteiger charge is -2.15. The van der Waals surface area contributed by atoms with Gasteiger partial charge in [-0.05, 0) is 42.7 Å². The van der Waals surface area contributed by atoms with Crippen molar-refractivity contribution in [3.8, 4) is 5.75 Å². The zero-order valence-corrected chi connectivity index (χ0v) is 20.0. The zero-order valence-electron chi connectivity index (χ0n) is 17.5. The molecule has 0 saturated carbocycles. The molecule has 0 unspecified atom stereocenters. The van der Waals surface area contributed by atoms with Crippen molar-refractivity contribution in [2.24, 2.45) is 25.6 Å². The first-order valence-electron chi connectivity index (χ1n) is 9.22. The predicted molar refractivity (Wildman–Crippen MR) is 126 cm³/mol. The fraction of sp³-hybridized carbons (Fsp3) is 0.167. The quantitative estimate of drug-likeness (QED) is 0.359. The van der Waals surface area contributed by atoms with Crippen molar-refractivity contribution >= 4 is 71.2 Å². The number of phenolic OH excluding ortho intramolecular Hbond substituents is 1. The molecule has 0 fully saturated rings. The second kappa shape index (κ2) is 8.86. The fourth-order valence-corrected chi connectivity index (χ4v) is 4.48. The SMILES string of the molecule is Cc1nsc(N=Nc2cc(N=Nc3snc4ccc(S(N)(=O)=O)cc34)c(O)cc2N(C)C)n1. The molecule has 3 N–H and O–H groups in total. The summed E-state index contributed by atoms with van der Waals surface area (Å²) in [4.78, 5) is 5.86. The first kappa shape index (κ1) is 22.8. The molecule has 4 aromatic rings. The molecule has 0 bridgehead atoms. The van der Waals surface area contributed by atoms with Crippen LogP contribution in [0, 0.1) is 6.92 Å². The van der Waals surface area contributed by atoms with Crippen molar-refractivity contribution in [3.63, 3.8) is 0 Å². The monoisotopic (exact) mass is 503 g/mol. The van der Waals surface area contributed by atoms with Crippen molar-refractivity contribution in [1.82, 2.24) is 13.7 Å². The average molecular weight is 504 g/mol. The van der Waals surface area contributed by atoms with E-state index in [9.17, 15) is 13.5 Å². The third kappa shape index (κ3) is 5.00. The number of aromatic hydroxyl groups is 1. The van der Waals surface area contributed by atoms with Gasteiger partial charge in [-0.25, -0.2) is 18.5 Å². The minimum absolute atomic E-state index is 0.0561. The molecule has 2 heterocycles. The van der Waals surface area contributed by atoms with Crippen LogP contribution in [0.5, 0.6) is 5.75 Å². The number of aromatic nitrogens is 3. The van der Waals surface area contributed by atoms with Gasteiger partial charge in [0.05, 0.1) is 16.1 Å². The van der Waals surface area contributed by atoms with E-state index in [1.165, 1.54) is 24.3 Å². The summed E-state index contributed by atoms with van der Waals surface area (Å²) in [5.41, 5.74) is 1.74. The predicted octanol–water partition coefficient (Wildman–Crippen LogP) is 4.71. The van der Waals surface area contributed by atoms with Crippen molar-refractivity contribution in [3.05, 3.63) is 36.2 Å². The normalized spacial score (nSPS) is 12.4. The first-order chi connectivity index (χ1) is 15.6. The van der Waals surface area contributed by atoms with E-state index in [1.807, 2.05) is 0 Å². The van der Waals surface area contributed by atoms with E-state index in [2.05, 4.69) is 34.2 Å². The highest BCUT2D eigenvalue weighted by molar-refractivity contribution is 7.89. The van der Waals surface area contributed by atoms with Crippen molar-refractivity contribution in [1.29, 1.82) is 0 Å². The van der Waals surface area contributed by atoms with Crippen molar-refractivity contribution in [2.45, 2.75) is 11.8 Å². The second-order valence-electron chi connectivity index (χ2n) is 6.96. The van der Waals surface area contributed by atoms with Crippen LogP contribution < -0.4 is 10.0 Å². The summed E-state index contributed by atoms with van der Waals surface area (Å²) >= 11 is 2.16. The molecule has 4 rings (SSSR count). The Morgan fingerprint density at radius 2 is 1.76 bits per heavy atom. The lowest BCUT2D eigenvalue weighted by molar-refractivity contribution is 0.476. The fourth-order valence-electron chi connectivity index (χ4n) is 2.75. The van der Waals surface area contributed by atoms with Gasteiger partial charge in [0.25, 0.3) is 0 Å². The number of nitrogens with zero attached hydrogens (tertiary/aromatic N) is 8. The Morgan fingerprint density at radius 1 is 1.00 bits per heavy atom. The number of anilines is 1. The molecule has 0 amide bonds. The molecule has 0 saturated heterocycles. The highest BCUT2D eigenvalue weighted by Gasteiger charge is 2.14. The maximum absolute atomic E-state index is 11.7. The highest BCUT2D eigenvalue weighted by atomic mass is 32.2. The Balaban J connectivity index is 1.73. The number of primary sulfonamides is 1. The summed E-state index contributed by atoms with van der Waals surface area (Å²) in [6.07, 6.45) is 0. The van der Waals surface area contributed by atoms with Gasteiger partial charge in [-0.1, -0.05) is 0 Å². The summed E-state index contributed by atoms with van der Waals surface area (Å²) in [6.45, 7) is 1.76. The van der Waals surface area contributed by atoms with E-state index in [1.54, 1.807) is 32.0 Å². The van der Waals surface area contributed by atoms with Gasteiger partial charge < -0.3 is 10.0 Å². The van der Waals surface area contributed by atoms with Crippen LogP contribution in [0.2, 0.25) is 0 Å².